The van der Waals surface area contributed by atoms with Crippen molar-refractivity contribution in [3.05, 3.63) is 54.5 Å². The number of rotatable bonds is 5. The molecule has 11 heteroatoms. The maximum Gasteiger partial charge on any atom is 0.260 e. The van der Waals surface area contributed by atoms with Gasteiger partial charge in [0.2, 0.25) is 5.95 Å². The zero-order valence-electron chi connectivity index (χ0n) is 17.5. The minimum atomic E-state index is -1.59. The second-order valence-corrected chi connectivity index (χ2v) is 7.68. The minimum Gasteiger partial charge on any atom is -0.374 e. The number of likely N-dealkylation sites (tertiary alicyclic amines) is 1. The van der Waals surface area contributed by atoms with Crippen molar-refractivity contribution in [3.63, 3.8) is 0 Å². The molecule has 0 aromatic carbocycles. The minimum absolute atomic E-state index is 0.310. The summed E-state index contributed by atoms with van der Waals surface area (Å²) < 4.78 is 1.68. The topological polar surface area (TPSA) is 138 Å². The summed E-state index contributed by atoms with van der Waals surface area (Å²) in [5, 5.41) is 25.2. The number of aromatic nitrogens is 7. The van der Waals surface area contributed by atoms with Crippen molar-refractivity contribution >= 4 is 17.7 Å². The summed E-state index contributed by atoms with van der Waals surface area (Å²) in [5.74, 6) is 0.699. The molecule has 0 spiro atoms. The lowest BCUT2D eigenvalue weighted by molar-refractivity contribution is -0.143. The molecule has 1 fully saturated rings. The van der Waals surface area contributed by atoms with Crippen LogP contribution in [0.15, 0.2) is 48.8 Å². The fourth-order valence-corrected chi connectivity index (χ4v) is 3.65. The summed E-state index contributed by atoms with van der Waals surface area (Å²) in [6, 6.07) is 10.8. The van der Waals surface area contributed by atoms with Crippen molar-refractivity contribution < 1.29 is 9.90 Å². The van der Waals surface area contributed by atoms with Crippen LogP contribution in [0.2, 0.25) is 0 Å². The van der Waals surface area contributed by atoms with Crippen LogP contribution in [-0.2, 0) is 17.4 Å². The van der Waals surface area contributed by atoms with Gasteiger partial charge in [-0.05, 0) is 24.3 Å². The Morgan fingerprint density at radius 1 is 1.09 bits per heavy atom. The Morgan fingerprint density at radius 3 is 2.59 bits per heavy atom. The van der Waals surface area contributed by atoms with E-state index < -0.39 is 5.60 Å². The highest BCUT2D eigenvalue weighted by Crippen LogP contribution is 2.33. The summed E-state index contributed by atoms with van der Waals surface area (Å²) in [6.07, 6.45) is 3.78. The van der Waals surface area contributed by atoms with Crippen molar-refractivity contribution in [3.8, 4) is 22.8 Å². The lowest BCUT2D eigenvalue weighted by Gasteiger charge is -2.18. The standard InChI is InChI=1S/C21H21N9O2/c1-29-11-8-21(32,19(29)31)17-12-16(26-27-17)14-5-3-4-13(23-14)15-6-9-22-20(24-15)25-18-7-10-30(2)28-18/h3-7,9-10,12,32H,8,11H2,1-2H3,(H,26,27)(H,22,24,25,28). The molecule has 0 saturated carbocycles. The number of carbonyl (C=O) groups is 1. The molecule has 3 N–H and O–H groups in total. The lowest BCUT2D eigenvalue weighted by Crippen LogP contribution is -2.36. The number of amides is 1. The Labute approximate surface area is 183 Å². The first kappa shape index (κ1) is 19.8. The molecule has 0 bridgehead atoms. The molecular weight excluding hydrogens is 410 g/mol. The van der Waals surface area contributed by atoms with Gasteiger partial charge in [-0.25, -0.2) is 15.0 Å². The smallest absolute Gasteiger partial charge is 0.260 e. The Balaban J connectivity index is 1.42. The predicted octanol–water partition coefficient (Wildman–Crippen LogP) is 1.46. The number of aromatic amines is 1. The molecular formula is C21H21N9O2. The highest BCUT2D eigenvalue weighted by atomic mass is 16.3. The van der Waals surface area contributed by atoms with E-state index in [9.17, 15) is 9.90 Å². The maximum absolute atomic E-state index is 12.4. The number of likely N-dealkylation sites (N-methyl/N-ethyl adjacent to an activating group) is 1. The molecule has 5 rings (SSSR count). The van der Waals surface area contributed by atoms with E-state index >= 15 is 0 Å². The van der Waals surface area contributed by atoms with Crippen molar-refractivity contribution in [2.24, 2.45) is 7.05 Å². The molecule has 1 atom stereocenters. The summed E-state index contributed by atoms with van der Waals surface area (Å²) in [7, 11) is 3.50. The summed E-state index contributed by atoms with van der Waals surface area (Å²) in [6.45, 7) is 0.486. The molecule has 1 saturated heterocycles. The largest absolute Gasteiger partial charge is 0.374 e. The molecule has 11 nitrogen and oxygen atoms in total. The number of carbonyl (C=O) groups excluding carboxylic acids is 1. The number of hydrogen-bond donors (Lipinski definition) is 3. The number of H-pyrrole nitrogens is 1. The van der Waals surface area contributed by atoms with Gasteiger partial charge in [0.25, 0.3) is 5.91 Å². The van der Waals surface area contributed by atoms with Gasteiger partial charge in [0.15, 0.2) is 11.4 Å². The quantitative estimate of drug-likeness (QED) is 0.432. The lowest BCUT2D eigenvalue weighted by atomic mass is 9.97. The van der Waals surface area contributed by atoms with Gasteiger partial charge in [-0.15, -0.1) is 0 Å². The summed E-state index contributed by atoms with van der Waals surface area (Å²) in [5.41, 5.74) is 1.15. The van der Waals surface area contributed by atoms with Crippen LogP contribution in [0.5, 0.6) is 0 Å². The zero-order valence-corrected chi connectivity index (χ0v) is 17.5. The van der Waals surface area contributed by atoms with Crippen LogP contribution in [0.25, 0.3) is 22.8 Å². The number of hydrogen-bond acceptors (Lipinski definition) is 8. The molecule has 1 aliphatic heterocycles. The van der Waals surface area contributed by atoms with Gasteiger partial charge in [0.05, 0.1) is 22.8 Å². The van der Waals surface area contributed by atoms with Gasteiger partial charge in [-0.3, -0.25) is 14.6 Å². The van der Waals surface area contributed by atoms with Crippen LogP contribution in [0.1, 0.15) is 12.1 Å². The van der Waals surface area contributed by atoms with Gasteiger partial charge >= 0.3 is 0 Å². The van der Waals surface area contributed by atoms with Crippen LogP contribution in [0.3, 0.4) is 0 Å². The monoisotopic (exact) mass is 431 g/mol. The molecule has 5 heterocycles. The van der Waals surface area contributed by atoms with Crippen molar-refractivity contribution in [1.82, 2.24) is 39.8 Å². The second-order valence-electron chi connectivity index (χ2n) is 7.68. The van der Waals surface area contributed by atoms with Crippen molar-refractivity contribution in [2.45, 2.75) is 12.0 Å². The molecule has 0 radical (unpaired) electrons. The molecule has 162 valence electrons. The molecule has 1 unspecified atom stereocenters. The van der Waals surface area contributed by atoms with E-state index in [2.05, 4.69) is 35.6 Å². The maximum atomic E-state index is 12.4. The van der Waals surface area contributed by atoms with E-state index in [4.69, 9.17) is 0 Å². The van der Waals surface area contributed by atoms with Crippen LogP contribution >= 0.6 is 0 Å². The average Bonchev–Trinajstić information content (AvgIpc) is 3.52. The van der Waals surface area contributed by atoms with Gasteiger partial charge in [0, 0.05) is 45.5 Å². The number of aliphatic hydroxyl groups is 1. The number of nitrogens with zero attached hydrogens (tertiary/aromatic N) is 7. The number of aryl methyl sites for hydroxylation is 1. The molecule has 32 heavy (non-hydrogen) atoms. The fraction of sp³-hybridized carbons (Fsp3) is 0.238. The SMILES string of the molecule is CN1CCC(O)(c2cc(-c3cccc(-c4ccnc(Nc5ccn(C)n5)n4)n3)n[nH]2)C1=O. The van der Waals surface area contributed by atoms with Crippen molar-refractivity contribution in [2.75, 3.05) is 18.9 Å². The first-order chi connectivity index (χ1) is 15.4. The Hall–Kier alpha value is -4.12. The van der Waals surface area contributed by atoms with Crippen LogP contribution < -0.4 is 5.32 Å². The second kappa shape index (κ2) is 7.54. The number of nitrogens with one attached hydrogen (secondary N) is 2. The third kappa shape index (κ3) is 3.48. The molecule has 1 aliphatic rings. The number of anilines is 2. The normalized spacial score (nSPS) is 18.3. The predicted molar refractivity (Wildman–Crippen MR) is 115 cm³/mol. The average molecular weight is 431 g/mol. The Bertz CT molecular complexity index is 1300. The first-order valence-electron chi connectivity index (χ1n) is 10.0. The van der Waals surface area contributed by atoms with Gasteiger partial charge in [0.1, 0.15) is 5.69 Å². The fourth-order valence-electron chi connectivity index (χ4n) is 3.65. The van der Waals surface area contributed by atoms with E-state index in [1.165, 1.54) is 4.90 Å². The van der Waals surface area contributed by atoms with Crippen LogP contribution in [-0.4, -0.2) is 64.4 Å². The van der Waals surface area contributed by atoms with E-state index in [1.807, 2.05) is 37.5 Å². The van der Waals surface area contributed by atoms with Crippen LogP contribution in [0.4, 0.5) is 11.8 Å². The van der Waals surface area contributed by atoms with E-state index in [1.54, 1.807) is 30.1 Å². The molecule has 4 aromatic heterocycles. The zero-order chi connectivity index (χ0) is 22.3. The Morgan fingerprint density at radius 2 is 1.88 bits per heavy atom. The third-order valence-corrected chi connectivity index (χ3v) is 5.42. The van der Waals surface area contributed by atoms with Gasteiger partial charge in [-0.2, -0.15) is 10.2 Å². The van der Waals surface area contributed by atoms with E-state index in [0.717, 1.165) is 0 Å². The first-order valence-corrected chi connectivity index (χ1v) is 10.0. The molecule has 0 aliphatic carbocycles. The van der Waals surface area contributed by atoms with E-state index in [-0.39, 0.29) is 5.91 Å². The summed E-state index contributed by atoms with van der Waals surface area (Å²) in [4.78, 5) is 27.3. The Kier molecular flexibility index (Phi) is 4.67. The number of pyridine rings is 1. The van der Waals surface area contributed by atoms with Crippen LogP contribution in [0, 0.1) is 0 Å². The highest BCUT2D eigenvalue weighted by molar-refractivity contribution is 5.88. The van der Waals surface area contributed by atoms with Crippen molar-refractivity contribution in [1.29, 1.82) is 0 Å². The molecule has 4 aromatic rings. The van der Waals surface area contributed by atoms with Gasteiger partial charge < -0.3 is 15.3 Å². The molecule has 1 amide bonds. The van der Waals surface area contributed by atoms with Gasteiger partial charge in [-0.1, -0.05) is 6.07 Å². The summed E-state index contributed by atoms with van der Waals surface area (Å²) >= 11 is 0. The highest BCUT2D eigenvalue weighted by Gasteiger charge is 2.46. The third-order valence-electron chi connectivity index (χ3n) is 5.42. The van der Waals surface area contributed by atoms with E-state index in [0.29, 0.717) is 53.2 Å².